The number of para-hydroxylation sites is 2. The third kappa shape index (κ3) is 3.13. The molecular weight excluding hydrogens is 366 g/mol. The molecule has 6 nitrogen and oxygen atoms in total. The van der Waals surface area contributed by atoms with Gasteiger partial charge < -0.3 is 5.73 Å². The van der Waals surface area contributed by atoms with Crippen molar-refractivity contribution in [3.05, 3.63) is 54.9 Å². The van der Waals surface area contributed by atoms with Gasteiger partial charge in [0.15, 0.2) is 5.16 Å². The first-order valence-electron chi connectivity index (χ1n) is 7.94. The fourth-order valence-corrected chi connectivity index (χ4v) is 4.52. The van der Waals surface area contributed by atoms with E-state index in [4.69, 9.17) is 5.73 Å². The lowest BCUT2D eigenvalue weighted by Gasteiger charge is -2.32. The Morgan fingerprint density at radius 2 is 1.69 bits per heavy atom. The molecule has 3 aromatic rings. The molecule has 8 heteroatoms. The van der Waals surface area contributed by atoms with E-state index in [-0.39, 0.29) is 17.1 Å². The highest BCUT2D eigenvalue weighted by Gasteiger charge is 2.31. The van der Waals surface area contributed by atoms with E-state index in [1.807, 2.05) is 55.5 Å². The molecule has 2 aromatic carbocycles. The molecule has 26 heavy (non-hydrogen) atoms. The number of hydrogen-bond acceptors (Lipinski definition) is 7. The number of amides is 1. The monoisotopic (exact) mass is 381 g/mol. The molecular formula is C18H15N5OS2. The zero-order chi connectivity index (χ0) is 18.1. The normalized spacial score (nSPS) is 13.7. The van der Waals surface area contributed by atoms with Gasteiger partial charge in [0.2, 0.25) is 11.9 Å². The number of hydrogen-bond donors (Lipinski definition) is 1. The number of benzene rings is 2. The number of rotatable bonds is 3. The molecule has 0 spiro atoms. The number of fused-ring (bicyclic) bond motifs is 2. The van der Waals surface area contributed by atoms with Crippen molar-refractivity contribution in [2.75, 3.05) is 10.6 Å². The Morgan fingerprint density at radius 1 is 1.08 bits per heavy atom. The van der Waals surface area contributed by atoms with Gasteiger partial charge in [0.25, 0.3) is 0 Å². The second kappa shape index (κ2) is 6.97. The third-order valence-electron chi connectivity index (χ3n) is 3.85. The van der Waals surface area contributed by atoms with Crippen LogP contribution in [0.4, 0.5) is 17.3 Å². The van der Waals surface area contributed by atoms with Gasteiger partial charge in [-0.25, -0.2) is 9.97 Å². The average molecular weight is 381 g/mol. The zero-order valence-corrected chi connectivity index (χ0v) is 15.5. The lowest BCUT2D eigenvalue weighted by molar-refractivity contribution is -0.117. The molecule has 1 amide bonds. The first-order chi connectivity index (χ1) is 12.6. The molecule has 1 aliphatic rings. The fourth-order valence-electron chi connectivity index (χ4n) is 2.68. The molecule has 0 radical (unpaired) electrons. The molecule has 0 fully saturated rings. The molecule has 1 aliphatic heterocycles. The average Bonchev–Trinajstić information content (AvgIpc) is 2.65. The van der Waals surface area contributed by atoms with Gasteiger partial charge in [0.05, 0.1) is 16.6 Å². The number of anilines is 3. The van der Waals surface area contributed by atoms with Crippen molar-refractivity contribution in [1.29, 1.82) is 0 Å². The minimum absolute atomic E-state index is 0.0332. The summed E-state index contributed by atoms with van der Waals surface area (Å²) in [6.07, 6.45) is 1.35. The topological polar surface area (TPSA) is 85.0 Å². The summed E-state index contributed by atoms with van der Waals surface area (Å²) in [6, 6.07) is 15.8. The molecule has 0 aliphatic carbocycles. The van der Waals surface area contributed by atoms with Crippen LogP contribution in [0.15, 0.2) is 69.8 Å². The van der Waals surface area contributed by atoms with Crippen LogP contribution in [0.5, 0.6) is 0 Å². The van der Waals surface area contributed by atoms with Crippen LogP contribution >= 0.6 is 23.5 Å². The van der Waals surface area contributed by atoms with E-state index in [1.54, 1.807) is 16.7 Å². The summed E-state index contributed by atoms with van der Waals surface area (Å²) in [4.78, 5) is 29.1. The number of nitrogens with zero attached hydrogens (tertiary/aromatic N) is 4. The van der Waals surface area contributed by atoms with Gasteiger partial charge in [-0.1, -0.05) is 47.8 Å². The van der Waals surface area contributed by atoms with E-state index in [0.717, 1.165) is 21.2 Å². The van der Waals surface area contributed by atoms with Gasteiger partial charge in [-0.2, -0.15) is 4.98 Å². The molecule has 4 rings (SSSR count). The Balaban J connectivity index is 1.69. The number of aromatic nitrogens is 3. The molecule has 0 bridgehead atoms. The van der Waals surface area contributed by atoms with E-state index in [9.17, 15) is 4.79 Å². The number of nitrogen functional groups attached to an aromatic ring is 1. The molecule has 2 heterocycles. The molecule has 0 saturated carbocycles. The Morgan fingerprint density at radius 3 is 2.31 bits per heavy atom. The van der Waals surface area contributed by atoms with E-state index in [0.29, 0.717) is 5.16 Å². The van der Waals surface area contributed by atoms with Gasteiger partial charge in [-0.3, -0.25) is 9.69 Å². The summed E-state index contributed by atoms with van der Waals surface area (Å²) >= 11 is 2.94. The zero-order valence-electron chi connectivity index (χ0n) is 13.9. The summed E-state index contributed by atoms with van der Waals surface area (Å²) < 4.78 is 0. The van der Waals surface area contributed by atoms with E-state index in [1.165, 1.54) is 18.1 Å². The summed E-state index contributed by atoms with van der Waals surface area (Å²) in [7, 11) is 0. The van der Waals surface area contributed by atoms with Crippen molar-refractivity contribution in [1.82, 2.24) is 15.0 Å². The minimum Gasteiger partial charge on any atom is -0.368 e. The second-order valence-corrected chi connectivity index (χ2v) is 7.99. The van der Waals surface area contributed by atoms with Crippen molar-refractivity contribution >= 4 is 46.8 Å². The van der Waals surface area contributed by atoms with E-state index in [2.05, 4.69) is 15.0 Å². The number of carbonyl (C=O) groups excluding carboxylic acids is 1. The van der Waals surface area contributed by atoms with Crippen molar-refractivity contribution < 1.29 is 4.79 Å². The van der Waals surface area contributed by atoms with Crippen molar-refractivity contribution in [3.8, 4) is 0 Å². The third-order valence-corrected chi connectivity index (χ3v) is 5.94. The first kappa shape index (κ1) is 16.9. The van der Waals surface area contributed by atoms with Crippen LogP contribution < -0.4 is 10.6 Å². The van der Waals surface area contributed by atoms with Crippen LogP contribution in [0.2, 0.25) is 0 Å². The fraction of sp³-hybridized carbons (Fsp3) is 0.111. The number of thioether (sulfide) groups is 1. The highest BCUT2D eigenvalue weighted by Crippen LogP contribution is 2.48. The highest BCUT2D eigenvalue weighted by molar-refractivity contribution is 8.00. The van der Waals surface area contributed by atoms with E-state index >= 15 is 0 Å². The summed E-state index contributed by atoms with van der Waals surface area (Å²) in [5.74, 6) is 0.112. The molecule has 0 saturated heterocycles. The van der Waals surface area contributed by atoms with Gasteiger partial charge in [-0.05, 0) is 31.2 Å². The standard InChI is InChI=1S/C18H15N5OS2/c1-11(25-18-21-10-20-17(19)22-18)16(24)23-12-6-2-4-8-14(12)26-15-9-5-3-7-13(15)23/h2-11H,1H3,(H2,19,20,21,22). The smallest absolute Gasteiger partial charge is 0.244 e. The second-order valence-electron chi connectivity index (χ2n) is 5.60. The SMILES string of the molecule is CC(Sc1ncnc(N)n1)C(=O)N1c2ccccc2Sc2ccccc21. The lowest BCUT2D eigenvalue weighted by Crippen LogP contribution is -2.34. The van der Waals surface area contributed by atoms with Crippen molar-refractivity contribution in [3.63, 3.8) is 0 Å². The number of carbonyl (C=O) groups is 1. The molecule has 1 unspecified atom stereocenters. The van der Waals surface area contributed by atoms with Gasteiger partial charge in [0.1, 0.15) is 6.33 Å². The van der Waals surface area contributed by atoms with Gasteiger partial charge in [0, 0.05) is 9.79 Å². The molecule has 130 valence electrons. The van der Waals surface area contributed by atoms with E-state index < -0.39 is 0 Å². The summed E-state index contributed by atoms with van der Waals surface area (Å²) in [5, 5.41) is 0.0484. The quantitative estimate of drug-likeness (QED) is 0.691. The Bertz CT molecular complexity index is 936. The van der Waals surface area contributed by atoms with Crippen LogP contribution in [-0.2, 0) is 4.79 Å². The van der Waals surface area contributed by atoms with Crippen LogP contribution in [0.25, 0.3) is 0 Å². The Kier molecular flexibility index (Phi) is 4.52. The maximum atomic E-state index is 13.3. The van der Waals surface area contributed by atoms with Gasteiger partial charge >= 0.3 is 0 Å². The summed E-state index contributed by atoms with van der Waals surface area (Å²) in [6.45, 7) is 1.85. The van der Waals surface area contributed by atoms with Crippen molar-refractivity contribution in [2.24, 2.45) is 0 Å². The predicted molar refractivity (Wildman–Crippen MR) is 104 cm³/mol. The van der Waals surface area contributed by atoms with Crippen LogP contribution in [0, 0.1) is 0 Å². The van der Waals surface area contributed by atoms with Crippen molar-refractivity contribution in [2.45, 2.75) is 27.1 Å². The molecule has 2 N–H and O–H groups in total. The maximum absolute atomic E-state index is 13.3. The molecule has 1 aromatic heterocycles. The predicted octanol–water partition coefficient (Wildman–Crippen LogP) is 3.76. The molecule has 1 atom stereocenters. The largest absolute Gasteiger partial charge is 0.368 e. The maximum Gasteiger partial charge on any atom is 0.244 e. The van der Waals surface area contributed by atoms with Crippen LogP contribution in [0.3, 0.4) is 0 Å². The highest BCUT2D eigenvalue weighted by atomic mass is 32.2. The first-order valence-corrected chi connectivity index (χ1v) is 9.64. The minimum atomic E-state index is -0.388. The lowest BCUT2D eigenvalue weighted by atomic mass is 10.2. The Hall–Kier alpha value is -2.58. The summed E-state index contributed by atoms with van der Waals surface area (Å²) in [5.41, 5.74) is 7.39. The van der Waals surface area contributed by atoms with Gasteiger partial charge in [-0.15, -0.1) is 0 Å². The number of nitrogens with two attached hydrogens (primary N) is 1. The van der Waals surface area contributed by atoms with Crippen LogP contribution in [0.1, 0.15) is 6.92 Å². The van der Waals surface area contributed by atoms with Crippen LogP contribution in [-0.4, -0.2) is 26.1 Å². The Labute approximate surface area is 159 Å².